The number of benzene rings is 1. The summed E-state index contributed by atoms with van der Waals surface area (Å²) >= 11 is 3.52. The average Bonchev–Trinajstić information content (AvgIpc) is 3.14. The van der Waals surface area contributed by atoms with Gasteiger partial charge in [-0.2, -0.15) is 0 Å². The Hall–Kier alpha value is -2.34. The van der Waals surface area contributed by atoms with Crippen molar-refractivity contribution in [1.82, 2.24) is 9.88 Å². The number of aromatic nitrogens is 1. The fourth-order valence-corrected chi connectivity index (χ4v) is 3.65. The highest BCUT2D eigenvalue weighted by molar-refractivity contribution is 9.10. The third-order valence-corrected chi connectivity index (χ3v) is 6.05. The molecule has 0 spiro atoms. The molecule has 0 radical (unpaired) electrons. The molecule has 1 saturated heterocycles. The summed E-state index contributed by atoms with van der Waals surface area (Å²) in [6.07, 6.45) is 3.71. The van der Waals surface area contributed by atoms with Crippen LogP contribution >= 0.6 is 15.9 Å². The van der Waals surface area contributed by atoms with Crippen LogP contribution in [0.15, 0.2) is 45.5 Å². The number of nitrogens with one attached hydrogen (secondary N) is 1. The SMILES string of the molecule is Cc1cc(Nc2nc(C(=O)N3CCC(C)CC3)cc3occc23)ccc1Br. The van der Waals surface area contributed by atoms with Gasteiger partial charge >= 0.3 is 0 Å². The molecule has 0 unspecified atom stereocenters. The van der Waals surface area contributed by atoms with E-state index in [0.717, 1.165) is 47.0 Å². The molecule has 1 aliphatic heterocycles. The van der Waals surface area contributed by atoms with Gasteiger partial charge in [0, 0.05) is 29.3 Å². The fourth-order valence-electron chi connectivity index (χ4n) is 3.40. The van der Waals surface area contributed by atoms with E-state index in [1.54, 1.807) is 12.3 Å². The van der Waals surface area contributed by atoms with E-state index < -0.39 is 0 Å². The summed E-state index contributed by atoms with van der Waals surface area (Å²) < 4.78 is 6.63. The van der Waals surface area contributed by atoms with Crippen LogP contribution in [0.4, 0.5) is 11.5 Å². The zero-order valence-electron chi connectivity index (χ0n) is 15.5. The van der Waals surface area contributed by atoms with E-state index in [2.05, 4.69) is 33.2 Å². The van der Waals surface area contributed by atoms with Crippen molar-refractivity contribution in [3.63, 3.8) is 0 Å². The van der Waals surface area contributed by atoms with E-state index >= 15 is 0 Å². The van der Waals surface area contributed by atoms with E-state index in [-0.39, 0.29) is 5.91 Å². The zero-order chi connectivity index (χ0) is 19.0. The molecule has 3 heterocycles. The predicted octanol–water partition coefficient (Wildman–Crippen LogP) is 5.51. The van der Waals surface area contributed by atoms with E-state index in [4.69, 9.17) is 4.42 Å². The largest absolute Gasteiger partial charge is 0.464 e. The van der Waals surface area contributed by atoms with Crippen LogP contribution < -0.4 is 5.32 Å². The summed E-state index contributed by atoms with van der Waals surface area (Å²) in [7, 11) is 0. The molecule has 0 saturated carbocycles. The number of piperidine rings is 1. The summed E-state index contributed by atoms with van der Waals surface area (Å²) in [5, 5.41) is 4.20. The van der Waals surface area contributed by atoms with Crippen molar-refractivity contribution < 1.29 is 9.21 Å². The monoisotopic (exact) mass is 427 g/mol. The molecule has 1 N–H and O–H groups in total. The lowest BCUT2D eigenvalue weighted by molar-refractivity contribution is 0.0691. The molecular formula is C21H22BrN3O2. The van der Waals surface area contributed by atoms with E-state index in [1.165, 1.54) is 0 Å². The van der Waals surface area contributed by atoms with Crippen LogP contribution in [0.1, 0.15) is 35.8 Å². The summed E-state index contributed by atoms with van der Waals surface area (Å²) in [5.41, 5.74) is 3.12. The molecule has 0 aliphatic carbocycles. The first-order valence-corrected chi connectivity index (χ1v) is 10.0. The lowest BCUT2D eigenvalue weighted by atomic mass is 9.99. The molecule has 1 amide bonds. The lowest BCUT2D eigenvalue weighted by Crippen LogP contribution is -2.38. The van der Waals surface area contributed by atoms with Crippen LogP contribution in [-0.2, 0) is 0 Å². The number of halogens is 1. The number of rotatable bonds is 3. The number of carbonyl (C=O) groups is 1. The number of carbonyl (C=O) groups excluding carboxylic acids is 1. The first-order chi connectivity index (χ1) is 13.0. The Morgan fingerprint density at radius 3 is 2.78 bits per heavy atom. The first kappa shape index (κ1) is 18.0. The van der Waals surface area contributed by atoms with Gasteiger partial charge in [-0.15, -0.1) is 0 Å². The minimum atomic E-state index is -0.0322. The number of furan rings is 1. The average molecular weight is 428 g/mol. The molecular weight excluding hydrogens is 406 g/mol. The lowest BCUT2D eigenvalue weighted by Gasteiger charge is -2.30. The fraction of sp³-hybridized carbons (Fsp3) is 0.333. The molecule has 6 heteroatoms. The van der Waals surface area contributed by atoms with E-state index in [1.807, 2.05) is 36.1 Å². The van der Waals surface area contributed by atoms with Crippen molar-refractivity contribution in [2.45, 2.75) is 26.7 Å². The van der Waals surface area contributed by atoms with Gasteiger partial charge in [-0.05, 0) is 55.5 Å². The quantitative estimate of drug-likeness (QED) is 0.597. The molecule has 1 aromatic carbocycles. The van der Waals surface area contributed by atoms with E-state index in [9.17, 15) is 4.79 Å². The highest BCUT2D eigenvalue weighted by Crippen LogP contribution is 2.29. The highest BCUT2D eigenvalue weighted by Gasteiger charge is 2.24. The van der Waals surface area contributed by atoms with Gasteiger partial charge in [-0.3, -0.25) is 4.79 Å². The van der Waals surface area contributed by atoms with Crippen LogP contribution in [0.25, 0.3) is 11.0 Å². The number of pyridine rings is 1. The molecule has 5 nitrogen and oxygen atoms in total. The predicted molar refractivity (Wildman–Crippen MR) is 110 cm³/mol. The third-order valence-electron chi connectivity index (χ3n) is 5.16. The maximum absolute atomic E-state index is 13.0. The molecule has 3 aromatic rings. The second-order valence-corrected chi connectivity index (χ2v) is 8.11. The molecule has 4 rings (SSSR count). The van der Waals surface area contributed by atoms with Crippen LogP contribution in [0.5, 0.6) is 0 Å². The zero-order valence-corrected chi connectivity index (χ0v) is 17.0. The van der Waals surface area contributed by atoms with Crippen molar-refractivity contribution >= 4 is 44.3 Å². The molecule has 0 atom stereocenters. The Bertz CT molecular complexity index is 990. The minimum Gasteiger partial charge on any atom is -0.464 e. The van der Waals surface area contributed by atoms with Crippen molar-refractivity contribution in [2.24, 2.45) is 5.92 Å². The molecule has 0 bridgehead atoms. The van der Waals surface area contributed by atoms with E-state index in [0.29, 0.717) is 23.0 Å². The van der Waals surface area contributed by atoms with Gasteiger partial charge in [0.1, 0.15) is 17.1 Å². The number of hydrogen-bond donors (Lipinski definition) is 1. The van der Waals surface area contributed by atoms with Crippen molar-refractivity contribution in [3.8, 4) is 0 Å². The molecule has 1 fully saturated rings. The number of likely N-dealkylation sites (tertiary alicyclic amines) is 1. The topological polar surface area (TPSA) is 58.4 Å². The third kappa shape index (κ3) is 3.72. The summed E-state index contributed by atoms with van der Waals surface area (Å²) in [4.78, 5) is 19.5. The summed E-state index contributed by atoms with van der Waals surface area (Å²) in [6.45, 7) is 5.84. The molecule has 27 heavy (non-hydrogen) atoms. The molecule has 2 aromatic heterocycles. The van der Waals surface area contributed by atoms with Crippen LogP contribution in [0.2, 0.25) is 0 Å². The van der Waals surface area contributed by atoms with Crippen molar-refractivity contribution in [1.29, 1.82) is 0 Å². The van der Waals surface area contributed by atoms with Gasteiger partial charge in [0.2, 0.25) is 0 Å². The standard InChI is InChI=1S/C21H22BrN3O2/c1-13-5-8-25(9-6-13)21(26)18-12-19-16(7-10-27-19)20(24-18)23-15-3-4-17(22)14(2)11-15/h3-4,7,10-13H,5-6,8-9H2,1-2H3,(H,23,24). The maximum Gasteiger partial charge on any atom is 0.272 e. The number of aryl methyl sites for hydroxylation is 1. The number of hydrogen-bond acceptors (Lipinski definition) is 4. The van der Waals surface area contributed by atoms with Crippen LogP contribution in [0, 0.1) is 12.8 Å². The first-order valence-electron chi connectivity index (χ1n) is 9.22. The maximum atomic E-state index is 13.0. The Morgan fingerprint density at radius 1 is 1.26 bits per heavy atom. The number of amides is 1. The Morgan fingerprint density at radius 2 is 2.04 bits per heavy atom. The number of anilines is 2. The van der Waals surface area contributed by atoms with Crippen LogP contribution in [0.3, 0.4) is 0 Å². The highest BCUT2D eigenvalue weighted by atomic mass is 79.9. The van der Waals surface area contributed by atoms with Crippen LogP contribution in [-0.4, -0.2) is 28.9 Å². The van der Waals surface area contributed by atoms with Gasteiger partial charge in [0.05, 0.1) is 11.6 Å². The summed E-state index contributed by atoms with van der Waals surface area (Å²) in [6, 6.07) is 9.62. The number of fused-ring (bicyclic) bond motifs is 1. The minimum absolute atomic E-state index is 0.0322. The van der Waals surface area contributed by atoms with Gasteiger partial charge in [0.15, 0.2) is 0 Å². The Labute approximate surface area is 166 Å². The Balaban J connectivity index is 1.67. The van der Waals surface area contributed by atoms with Crippen molar-refractivity contribution in [3.05, 3.63) is 52.3 Å². The normalized spacial score (nSPS) is 15.3. The second-order valence-electron chi connectivity index (χ2n) is 7.25. The van der Waals surface area contributed by atoms with Crippen molar-refractivity contribution in [2.75, 3.05) is 18.4 Å². The molecule has 140 valence electrons. The van der Waals surface area contributed by atoms with Gasteiger partial charge < -0.3 is 14.6 Å². The summed E-state index contributed by atoms with van der Waals surface area (Å²) in [5.74, 6) is 1.28. The van der Waals surface area contributed by atoms with Gasteiger partial charge in [-0.1, -0.05) is 22.9 Å². The van der Waals surface area contributed by atoms with Gasteiger partial charge in [-0.25, -0.2) is 4.98 Å². The smallest absolute Gasteiger partial charge is 0.272 e. The molecule has 1 aliphatic rings. The van der Waals surface area contributed by atoms with Gasteiger partial charge in [0.25, 0.3) is 5.91 Å². The second kappa shape index (κ2) is 7.35. The number of nitrogens with zero attached hydrogens (tertiary/aromatic N) is 2. The Kier molecular flexibility index (Phi) is 4.91.